The first-order valence-corrected chi connectivity index (χ1v) is 9.67. The lowest BCUT2D eigenvalue weighted by molar-refractivity contribution is 0.0646. The van der Waals surface area contributed by atoms with Crippen molar-refractivity contribution in [3.05, 3.63) is 62.7 Å². The molecule has 0 aromatic heterocycles. The van der Waals surface area contributed by atoms with Gasteiger partial charge in [-0.2, -0.15) is 0 Å². The topological polar surface area (TPSA) is 66.8 Å². The summed E-state index contributed by atoms with van der Waals surface area (Å²) in [6.07, 6.45) is 2.16. The Morgan fingerprint density at radius 2 is 1.69 bits per heavy atom. The molecule has 1 N–H and O–H groups in total. The number of carbonyl (C=O) groups excluding carboxylic acids is 2. The molecule has 3 rings (SSSR count). The van der Waals surface area contributed by atoms with Crippen LogP contribution in [0.15, 0.2) is 42.5 Å². The van der Waals surface area contributed by atoms with Gasteiger partial charge in [-0.1, -0.05) is 18.2 Å². The van der Waals surface area contributed by atoms with Crippen molar-refractivity contribution in [2.75, 3.05) is 19.8 Å². The Bertz CT molecular complexity index is 786. The Balaban J connectivity index is 1.51. The number of halogens is 1. The minimum absolute atomic E-state index is 0.187. The van der Waals surface area contributed by atoms with Crippen LogP contribution in [-0.2, 0) is 6.42 Å². The average Bonchev–Trinajstić information content (AvgIpc) is 2.89. The van der Waals surface area contributed by atoms with E-state index < -0.39 is 0 Å². The van der Waals surface area contributed by atoms with E-state index in [4.69, 9.17) is 9.84 Å². The second-order valence-electron chi connectivity index (χ2n) is 6.10. The fourth-order valence-corrected chi connectivity index (χ4v) is 3.68. The number of rotatable bonds is 8. The van der Waals surface area contributed by atoms with Gasteiger partial charge in [0.25, 0.3) is 11.8 Å². The first-order valence-electron chi connectivity index (χ1n) is 8.59. The summed E-state index contributed by atoms with van der Waals surface area (Å²) in [4.78, 5) is 25.9. The van der Waals surface area contributed by atoms with Gasteiger partial charge in [0.1, 0.15) is 5.75 Å². The summed E-state index contributed by atoms with van der Waals surface area (Å²) in [6, 6.07) is 12.9. The molecule has 1 aliphatic heterocycles. The number of aliphatic hydroxyl groups excluding tert-OH is 1. The van der Waals surface area contributed by atoms with E-state index in [1.807, 2.05) is 12.1 Å². The number of imide groups is 1. The highest BCUT2D eigenvalue weighted by atomic mass is 127. The van der Waals surface area contributed by atoms with Crippen LogP contribution < -0.4 is 4.74 Å². The second kappa shape index (κ2) is 8.64. The maximum Gasteiger partial charge on any atom is 0.261 e. The molecule has 2 aromatic rings. The van der Waals surface area contributed by atoms with Gasteiger partial charge in [0.05, 0.1) is 21.3 Å². The van der Waals surface area contributed by atoms with Crippen molar-refractivity contribution in [3.8, 4) is 5.75 Å². The van der Waals surface area contributed by atoms with Crippen molar-refractivity contribution in [1.29, 1.82) is 0 Å². The van der Waals surface area contributed by atoms with E-state index in [1.165, 1.54) is 10.5 Å². The Hall–Kier alpha value is -1.93. The molecule has 5 nitrogen and oxygen atoms in total. The third-order valence-corrected chi connectivity index (χ3v) is 5.12. The van der Waals surface area contributed by atoms with Crippen molar-refractivity contribution in [1.82, 2.24) is 4.90 Å². The van der Waals surface area contributed by atoms with E-state index in [0.29, 0.717) is 30.7 Å². The van der Waals surface area contributed by atoms with Gasteiger partial charge in [0, 0.05) is 13.2 Å². The fraction of sp³-hybridized carbons (Fsp3) is 0.300. The third-order valence-electron chi connectivity index (χ3n) is 4.28. The van der Waals surface area contributed by atoms with E-state index in [2.05, 4.69) is 28.7 Å². The Labute approximate surface area is 166 Å². The average molecular weight is 465 g/mol. The predicted octanol–water partition coefficient (Wildman–Crippen LogP) is 3.28. The van der Waals surface area contributed by atoms with Crippen molar-refractivity contribution in [2.45, 2.75) is 19.3 Å². The smallest absolute Gasteiger partial charge is 0.261 e. The molecule has 1 heterocycles. The van der Waals surface area contributed by atoms with Crippen LogP contribution in [0.5, 0.6) is 5.75 Å². The molecule has 6 heteroatoms. The molecule has 0 atom stereocenters. The second-order valence-corrected chi connectivity index (χ2v) is 7.26. The van der Waals surface area contributed by atoms with Gasteiger partial charge in [0.15, 0.2) is 0 Å². The fourth-order valence-electron chi connectivity index (χ4n) is 2.95. The third kappa shape index (κ3) is 4.07. The van der Waals surface area contributed by atoms with Gasteiger partial charge in [-0.25, -0.2) is 0 Å². The number of nitrogens with zero attached hydrogens (tertiary/aromatic N) is 1. The summed E-state index contributed by atoms with van der Waals surface area (Å²) in [5, 5.41) is 8.90. The van der Waals surface area contributed by atoms with Crippen LogP contribution in [0.4, 0.5) is 0 Å². The van der Waals surface area contributed by atoms with Crippen LogP contribution >= 0.6 is 22.6 Å². The Morgan fingerprint density at radius 1 is 1.00 bits per heavy atom. The van der Waals surface area contributed by atoms with E-state index in [0.717, 1.165) is 22.2 Å². The largest absolute Gasteiger partial charge is 0.492 e. The number of aliphatic hydroxyl groups is 1. The molecule has 0 unspecified atom stereocenters. The molecular formula is C20H20INO4. The number of ether oxygens (including phenoxy) is 1. The van der Waals surface area contributed by atoms with Crippen LogP contribution in [0.1, 0.15) is 39.1 Å². The lowest BCUT2D eigenvalue weighted by Gasteiger charge is -2.14. The van der Waals surface area contributed by atoms with Crippen molar-refractivity contribution in [2.24, 2.45) is 0 Å². The quantitative estimate of drug-likeness (QED) is 0.369. The molecule has 0 bridgehead atoms. The Morgan fingerprint density at radius 3 is 2.31 bits per heavy atom. The number of carbonyl (C=O) groups is 2. The van der Waals surface area contributed by atoms with Crippen molar-refractivity contribution in [3.63, 3.8) is 0 Å². The zero-order valence-corrected chi connectivity index (χ0v) is 16.4. The maximum atomic E-state index is 12.3. The summed E-state index contributed by atoms with van der Waals surface area (Å²) in [6.45, 7) is 0.962. The molecule has 0 saturated heterocycles. The van der Waals surface area contributed by atoms with Gasteiger partial charge >= 0.3 is 0 Å². The summed E-state index contributed by atoms with van der Waals surface area (Å²) in [7, 11) is 0. The minimum Gasteiger partial charge on any atom is -0.492 e. The lowest BCUT2D eigenvalue weighted by atomic mass is 10.1. The van der Waals surface area contributed by atoms with E-state index in [-0.39, 0.29) is 18.4 Å². The number of hydrogen-bond acceptors (Lipinski definition) is 4. The summed E-state index contributed by atoms with van der Waals surface area (Å²) in [5.41, 5.74) is 2.12. The van der Waals surface area contributed by atoms with Gasteiger partial charge in [0.2, 0.25) is 0 Å². The number of amides is 2. The maximum absolute atomic E-state index is 12.3. The number of fused-ring (bicyclic) bond motifs is 1. The van der Waals surface area contributed by atoms with Gasteiger partial charge in [-0.3, -0.25) is 14.5 Å². The zero-order chi connectivity index (χ0) is 18.5. The van der Waals surface area contributed by atoms with E-state index in [1.54, 1.807) is 24.3 Å². The highest BCUT2D eigenvalue weighted by Crippen LogP contribution is 2.24. The van der Waals surface area contributed by atoms with Crippen LogP contribution in [0.25, 0.3) is 0 Å². The molecule has 2 aromatic carbocycles. The predicted molar refractivity (Wildman–Crippen MR) is 106 cm³/mol. The van der Waals surface area contributed by atoms with Gasteiger partial charge in [-0.15, -0.1) is 0 Å². The Kier molecular flexibility index (Phi) is 6.26. The molecule has 1 aliphatic rings. The highest BCUT2D eigenvalue weighted by molar-refractivity contribution is 14.1. The SMILES string of the molecule is O=C1c2ccccc2C(=O)N1CCCOc1ccc(CCCO)cc1I. The van der Waals surface area contributed by atoms with E-state index in [9.17, 15) is 9.59 Å². The molecule has 0 spiro atoms. The molecule has 0 radical (unpaired) electrons. The van der Waals surface area contributed by atoms with Gasteiger partial charge in [-0.05, 0) is 71.7 Å². The molecule has 26 heavy (non-hydrogen) atoms. The highest BCUT2D eigenvalue weighted by Gasteiger charge is 2.34. The standard InChI is InChI=1S/C20H20INO4/c21-17-13-14(5-3-11-23)8-9-18(17)26-12-4-10-22-19(24)15-6-1-2-7-16(15)20(22)25/h1-2,6-9,13,23H,3-5,10-12H2. The van der Waals surface area contributed by atoms with E-state index >= 15 is 0 Å². The number of benzene rings is 2. The van der Waals surface area contributed by atoms with Crippen molar-refractivity contribution >= 4 is 34.4 Å². The molecule has 2 amide bonds. The molecule has 136 valence electrons. The minimum atomic E-state index is -0.228. The first kappa shape index (κ1) is 18.8. The van der Waals surface area contributed by atoms with Crippen LogP contribution in [0, 0.1) is 3.57 Å². The molecule has 0 aliphatic carbocycles. The van der Waals surface area contributed by atoms with Crippen LogP contribution in [-0.4, -0.2) is 41.6 Å². The lowest BCUT2D eigenvalue weighted by Crippen LogP contribution is -2.31. The van der Waals surface area contributed by atoms with Crippen molar-refractivity contribution < 1.29 is 19.4 Å². The summed E-state index contributed by atoms with van der Waals surface area (Å²) in [5.74, 6) is 0.336. The molecule has 0 saturated carbocycles. The van der Waals surface area contributed by atoms with Gasteiger partial charge < -0.3 is 9.84 Å². The molecule has 0 fully saturated rings. The normalized spacial score (nSPS) is 13.2. The summed E-state index contributed by atoms with van der Waals surface area (Å²) >= 11 is 2.23. The van der Waals surface area contributed by atoms with Crippen LogP contribution in [0.3, 0.4) is 0 Å². The summed E-state index contributed by atoms with van der Waals surface area (Å²) < 4.78 is 6.81. The zero-order valence-electron chi connectivity index (χ0n) is 14.3. The monoisotopic (exact) mass is 465 g/mol. The number of hydrogen-bond donors (Lipinski definition) is 1. The van der Waals surface area contributed by atoms with Crippen LogP contribution in [0.2, 0.25) is 0 Å². The molecular weight excluding hydrogens is 445 g/mol. The number of aryl methyl sites for hydroxylation is 1. The first-order chi connectivity index (χ1) is 12.6.